The molecule has 1 rings (SSSR count). The Kier molecular flexibility index (Phi) is 4.28. The number of aryl methyl sites for hydroxylation is 1. The summed E-state index contributed by atoms with van der Waals surface area (Å²) in [6.07, 6.45) is 0. The van der Waals surface area contributed by atoms with Crippen LogP contribution in [0.3, 0.4) is 0 Å². The second-order valence-electron chi connectivity index (χ2n) is 5.02. The van der Waals surface area contributed by atoms with Crippen molar-refractivity contribution in [1.29, 1.82) is 0 Å². The molecule has 0 aliphatic rings. The minimum atomic E-state index is -3.81. The summed E-state index contributed by atoms with van der Waals surface area (Å²) in [6, 6.07) is 3.71. The number of non-ortho nitro benzene ring substituents is 1. The molecule has 7 nitrogen and oxygen atoms in total. The lowest BCUT2D eigenvalue weighted by Crippen LogP contribution is -2.45. The number of rotatable bonds is 5. The number of sulfonamides is 1. The van der Waals surface area contributed by atoms with Crippen LogP contribution >= 0.6 is 0 Å². The highest BCUT2D eigenvalue weighted by Crippen LogP contribution is 2.21. The van der Waals surface area contributed by atoms with Crippen LogP contribution < -0.4 is 10.5 Å². The maximum atomic E-state index is 12.1. The molecule has 0 spiro atoms. The number of nitrogens with two attached hydrogens (primary N) is 1. The lowest BCUT2D eigenvalue weighted by Gasteiger charge is -2.19. The first kappa shape index (κ1) is 15.5. The molecule has 0 saturated heterocycles. The van der Waals surface area contributed by atoms with Crippen LogP contribution in [0.4, 0.5) is 5.69 Å². The second kappa shape index (κ2) is 5.24. The van der Waals surface area contributed by atoms with Crippen molar-refractivity contribution in [3.05, 3.63) is 33.9 Å². The first-order chi connectivity index (χ1) is 8.53. The molecule has 0 heterocycles. The van der Waals surface area contributed by atoms with Gasteiger partial charge in [-0.2, -0.15) is 0 Å². The van der Waals surface area contributed by atoms with Crippen molar-refractivity contribution in [2.24, 2.45) is 5.73 Å². The summed E-state index contributed by atoms with van der Waals surface area (Å²) in [4.78, 5) is 9.94. The smallest absolute Gasteiger partial charge is 0.270 e. The molecule has 8 heteroatoms. The Morgan fingerprint density at radius 3 is 2.47 bits per heavy atom. The van der Waals surface area contributed by atoms with E-state index in [2.05, 4.69) is 4.72 Å². The van der Waals surface area contributed by atoms with Crippen LogP contribution in [-0.2, 0) is 10.0 Å². The number of hydrogen-bond acceptors (Lipinski definition) is 5. The van der Waals surface area contributed by atoms with Crippen LogP contribution in [0.5, 0.6) is 0 Å². The summed E-state index contributed by atoms with van der Waals surface area (Å²) in [5.41, 5.74) is 5.17. The van der Waals surface area contributed by atoms with Crippen LogP contribution in [0.2, 0.25) is 0 Å². The van der Waals surface area contributed by atoms with E-state index in [-0.39, 0.29) is 17.1 Å². The second-order valence-corrected chi connectivity index (χ2v) is 6.76. The third-order valence-corrected chi connectivity index (χ3v) is 3.93. The molecule has 0 atom stereocenters. The zero-order valence-electron chi connectivity index (χ0n) is 11.0. The summed E-state index contributed by atoms with van der Waals surface area (Å²) in [6.45, 7) is 4.97. The fourth-order valence-electron chi connectivity index (χ4n) is 1.35. The van der Waals surface area contributed by atoms with Gasteiger partial charge in [0.2, 0.25) is 10.0 Å². The van der Waals surface area contributed by atoms with Crippen molar-refractivity contribution in [1.82, 2.24) is 4.72 Å². The van der Waals surface area contributed by atoms with Crippen LogP contribution in [-0.4, -0.2) is 25.4 Å². The number of benzene rings is 1. The van der Waals surface area contributed by atoms with E-state index < -0.39 is 20.5 Å². The highest BCUT2D eigenvalue weighted by Gasteiger charge is 2.22. The third kappa shape index (κ3) is 4.27. The SMILES string of the molecule is Cc1ccc([N+](=O)[O-])cc1S(=O)(=O)NCC(C)(C)N. The summed E-state index contributed by atoms with van der Waals surface area (Å²) >= 11 is 0. The van der Waals surface area contributed by atoms with Crippen LogP contribution in [0, 0.1) is 17.0 Å². The summed E-state index contributed by atoms with van der Waals surface area (Å²) in [7, 11) is -3.81. The molecule has 0 aromatic heterocycles. The molecule has 1 aromatic rings. The molecule has 0 unspecified atom stereocenters. The van der Waals surface area contributed by atoms with Crippen LogP contribution in [0.25, 0.3) is 0 Å². The summed E-state index contributed by atoms with van der Waals surface area (Å²) in [5.74, 6) is 0. The molecule has 0 saturated carbocycles. The van der Waals surface area contributed by atoms with Gasteiger partial charge >= 0.3 is 0 Å². The van der Waals surface area contributed by atoms with E-state index in [1.54, 1.807) is 20.8 Å². The number of nitrogens with one attached hydrogen (secondary N) is 1. The summed E-state index contributed by atoms with van der Waals surface area (Å²) < 4.78 is 26.5. The Hall–Kier alpha value is -1.51. The number of hydrogen-bond donors (Lipinski definition) is 2. The Balaban J connectivity index is 3.14. The van der Waals surface area contributed by atoms with Gasteiger partial charge in [0, 0.05) is 24.2 Å². The maximum Gasteiger partial charge on any atom is 0.270 e. The lowest BCUT2D eigenvalue weighted by atomic mass is 10.1. The van der Waals surface area contributed by atoms with Crippen molar-refractivity contribution in [3.63, 3.8) is 0 Å². The largest absolute Gasteiger partial charge is 0.324 e. The normalized spacial score (nSPS) is 12.4. The molecule has 19 heavy (non-hydrogen) atoms. The van der Waals surface area contributed by atoms with E-state index in [0.29, 0.717) is 5.56 Å². The monoisotopic (exact) mass is 287 g/mol. The predicted octanol–water partition coefficient (Wildman–Crippen LogP) is 0.919. The van der Waals surface area contributed by atoms with Crippen LogP contribution in [0.15, 0.2) is 23.1 Å². The third-order valence-electron chi connectivity index (χ3n) is 2.39. The van der Waals surface area contributed by atoms with Crippen molar-refractivity contribution in [3.8, 4) is 0 Å². The van der Waals surface area contributed by atoms with Gasteiger partial charge in [-0.3, -0.25) is 10.1 Å². The molecule has 0 amide bonds. The van der Waals surface area contributed by atoms with Gasteiger partial charge in [0.15, 0.2) is 0 Å². The molecule has 0 aliphatic carbocycles. The van der Waals surface area contributed by atoms with Gasteiger partial charge in [0.05, 0.1) is 9.82 Å². The number of nitro benzene ring substituents is 1. The Morgan fingerprint density at radius 2 is 2.00 bits per heavy atom. The predicted molar refractivity (Wildman–Crippen MR) is 71.3 cm³/mol. The Bertz CT molecular complexity index is 590. The number of nitrogens with zero attached hydrogens (tertiary/aromatic N) is 1. The Morgan fingerprint density at radius 1 is 1.42 bits per heavy atom. The average molecular weight is 287 g/mol. The van der Waals surface area contributed by atoms with E-state index in [4.69, 9.17) is 5.73 Å². The average Bonchev–Trinajstić information content (AvgIpc) is 2.25. The highest BCUT2D eigenvalue weighted by atomic mass is 32.2. The van der Waals surface area contributed by atoms with Crippen molar-refractivity contribution in [2.45, 2.75) is 31.2 Å². The van der Waals surface area contributed by atoms with Gasteiger partial charge in [-0.05, 0) is 26.3 Å². The van der Waals surface area contributed by atoms with Gasteiger partial charge in [0.1, 0.15) is 0 Å². The number of nitro groups is 1. The molecule has 0 radical (unpaired) electrons. The van der Waals surface area contributed by atoms with E-state index in [0.717, 1.165) is 6.07 Å². The van der Waals surface area contributed by atoms with Gasteiger partial charge in [-0.1, -0.05) is 6.07 Å². The van der Waals surface area contributed by atoms with Crippen LogP contribution in [0.1, 0.15) is 19.4 Å². The van der Waals surface area contributed by atoms with E-state index in [9.17, 15) is 18.5 Å². The molecule has 106 valence electrons. The van der Waals surface area contributed by atoms with E-state index >= 15 is 0 Å². The minimum absolute atomic E-state index is 0.0392. The highest BCUT2D eigenvalue weighted by molar-refractivity contribution is 7.89. The molecule has 1 aromatic carbocycles. The zero-order valence-corrected chi connectivity index (χ0v) is 11.8. The first-order valence-electron chi connectivity index (χ1n) is 5.56. The standard InChI is InChI=1S/C11H17N3O4S/c1-8-4-5-9(14(15)16)6-10(8)19(17,18)13-7-11(2,3)12/h4-6,13H,7,12H2,1-3H3. The zero-order chi connectivity index (χ0) is 14.8. The Labute approximate surface area is 112 Å². The van der Waals surface area contributed by atoms with Crippen molar-refractivity contribution < 1.29 is 13.3 Å². The maximum absolute atomic E-state index is 12.1. The summed E-state index contributed by atoms with van der Waals surface area (Å²) in [5, 5.41) is 10.7. The fraction of sp³-hybridized carbons (Fsp3) is 0.455. The first-order valence-corrected chi connectivity index (χ1v) is 7.05. The van der Waals surface area contributed by atoms with Gasteiger partial charge in [0.25, 0.3) is 5.69 Å². The quantitative estimate of drug-likeness (QED) is 0.617. The van der Waals surface area contributed by atoms with Gasteiger partial charge < -0.3 is 5.73 Å². The fourth-order valence-corrected chi connectivity index (χ4v) is 2.84. The van der Waals surface area contributed by atoms with E-state index in [1.165, 1.54) is 12.1 Å². The molecule has 0 bridgehead atoms. The van der Waals surface area contributed by atoms with E-state index in [1.807, 2.05) is 0 Å². The molecular formula is C11H17N3O4S. The van der Waals surface area contributed by atoms with Crippen molar-refractivity contribution >= 4 is 15.7 Å². The molecular weight excluding hydrogens is 270 g/mol. The van der Waals surface area contributed by atoms with Crippen molar-refractivity contribution in [2.75, 3.05) is 6.54 Å². The topological polar surface area (TPSA) is 115 Å². The molecule has 0 aliphatic heterocycles. The van der Waals surface area contributed by atoms with Gasteiger partial charge in [-0.25, -0.2) is 13.1 Å². The molecule has 0 fully saturated rings. The molecule has 3 N–H and O–H groups in total. The van der Waals surface area contributed by atoms with Gasteiger partial charge in [-0.15, -0.1) is 0 Å². The lowest BCUT2D eigenvalue weighted by molar-refractivity contribution is -0.385. The minimum Gasteiger partial charge on any atom is -0.324 e.